The van der Waals surface area contributed by atoms with Gasteiger partial charge < -0.3 is 15.0 Å². The number of ether oxygens (including phenoxy) is 1. The van der Waals surface area contributed by atoms with E-state index in [9.17, 15) is 0 Å². The van der Waals surface area contributed by atoms with Gasteiger partial charge in [-0.1, -0.05) is 6.92 Å². The third kappa shape index (κ3) is 3.17. The van der Waals surface area contributed by atoms with E-state index in [2.05, 4.69) is 40.1 Å². The van der Waals surface area contributed by atoms with E-state index in [1.165, 1.54) is 10.3 Å². The summed E-state index contributed by atoms with van der Waals surface area (Å²) < 4.78 is 5.66. The Morgan fingerprint density at radius 2 is 2.38 bits per heavy atom. The molecule has 0 aliphatic carbocycles. The largest absolute Gasteiger partial charge is 0.377 e. The molecule has 1 aliphatic heterocycles. The van der Waals surface area contributed by atoms with Crippen LogP contribution in [0.15, 0.2) is 12.4 Å². The number of nitrogens with one attached hydrogen (secondary N) is 1. The summed E-state index contributed by atoms with van der Waals surface area (Å²) in [4.78, 5) is 13.7. The third-order valence-corrected chi connectivity index (χ3v) is 4.70. The predicted octanol–water partition coefficient (Wildman–Crippen LogP) is 2.20. The van der Waals surface area contributed by atoms with Gasteiger partial charge in [-0.25, -0.2) is 9.97 Å². The minimum Gasteiger partial charge on any atom is -0.377 e. The molecule has 1 saturated heterocycles. The Balaban J connectivity index is 1.87. The average molecular weight is 306 g/mol. The predicted molar refractivity (Wildman–Crippen MR) is 87.3 cm³/mol. The van der Waals surface area contributed by atoms with Gasteiger partial charge in [0.2, 0.25) is 0 Å². The van der Waals surface area contributed by atoms with E-state index in [0.29, 0.717) is 6.04 Å². The van der Waals surface area contributed by atoms with Crippen molar-refractivity contribution in [3.05, 3.63) is 17.3 Å². The lowest BCUT2D eigenvalue weighted by Gasteiger charge is -2.36. The van der Waals surface area contributed by atoms with Crippen LogP contribution in [0.2, 0.25) is 0 Å². The van der Waals surface area contributed by atoms with Crippen LogP contribution in [-0.2, 0) is 4.74 Å². The van der Waals surface area contributed by atoms with Gasteiger partial charge in [-0.05, 0) is 26.0 Å². The monoisotopic (exact) mass is 306 g/mol. The van der Waals surface area contributed by atoms with E-state index in [0.717, 1.165) is 49.9 Å². The van der Waals surface area contributed by atoms with E-state index in [1.54, 1.807) is 17.7 Å². The normalized spacial score (nSPS) is 19.3. The fourth-order valence-corrected chi connectivity index (χ4v) is 3.58. The van der Waals surface area contributed by atoms with E-state index < -0.39 is 0 Å². The standard InChI is InChI=1S/C15H22N4OS/c1-3-4-16-8-12-9-20-6-5-19(12)14-13-7-11(2)21-15(13)18-10-17-14/h7,10,12,16H,3-6,8-9H2,1-2H3. The highest BCUT2D eigenvalue weighted by molar-refractivity contribution is 7.18. The number of aromatic nitrogens is 2. The fraction of sp³-hybridized carbons (Fsp3) is 0.600. The highest BCUT2D eigenvalue weighted by atomic mass is 32.1. The van der Waals surface area contributed by atoms with Crippen LogP contribution >= 0.6 is 11.3 Å². The van der Waals surface area contributed by atoms with Gasteiger partial charge in [0.1, 0.15) is 17.0 Å². The van der Waals surface area contributed by atoms with Crippen molar-refractivity contribution < 1.29 is 4.74 Å². The second kappa shape index (κ2) is 6.68. The molecule has 0 aromatic carbocycles. The van der Waals surface area contributed by atoms with Gasteiger partial charge in [0.25, 0.3) is 0 Å². The number of nitrogens with zero attached hydrogens (tertiary/aromatic N) is 3. The van der Waals surface area contributed by atoms with Gasteiger partial charge in [-0.15, -0.1) is 11.3 Å². The van der Waals surface area contributed by atoms with Crippen LogP contribution in [0, 0.1) is 6.92 Å². The van der Waals surface area contributed by atoms with E-state index >= 15 is 0 Å². The molecule has 0 spiro atoms. The van der Waals surface area contributed by atoms with Gasteiger partial charge >= 0.3 is 0 Å². The highest BCUT2D eigenvalue weighted by Crippen LogP contribution is 2.31. The molecule has 3 rings (SSSR count). The molecule has 1 atom stereocenters. The van der Waals surface area contributed by atoms with Crippen molar-refractivity contribution in [1.29, 1.82) is 0 Å². The SMILES string of the molecule is CCCNCC1COCCN1c1ncnc2sc(C)cc12. The van der Waals surface area contributed by atoms with Gasteiger partial charge in [-0.3, -0.25) is 0 Å². The number of fused-ring (bicyclic) bond motifs is 1. The molecular formula is C15H22N4OS. The first kappa shape index (κ1) is 14.7. The fourth-order valence-electron chi connectivity index (χ4n) is 2.74. The van der Waals surface area contributed by atoms with Gasteiger partial charge in [-0.2, -0.15) is 0 Å². The van der Waals surface area contributed by atoms with Crippen molar-refractivity contribution >= 4 is 27.4 Å². The molecule has 1 N–H and O–H groups in total. The summed E-state index contributed by atoms with van der Waals surface area (Å²) in [5.41, 5.74) is 0. The molecule has 114 valence electrons. The summed E-state index contributed by atoms with van der Waals surface area (Å²) in [5, 5.41) is 4.66. The van der Waals surface area contributed by atoms with Gasteiger partial charge in [0, 0.05) is 18.0 Å². The van der Waals surface area contributed by atoms with E-state index in [4.69, 9.17) is 4.74 Å². The second-order valence-corrected chi connectivity index (χ2v) is 6.63. The van der Waals surface area contributed by atoms with Crippen LogP contribution in [0.5, 0.6) is 0 Å². The molecule has 2 aromatic rings. The molecule has 1 fully saturated rings. The lowest BCUT2D eigenvalue weighted by Crippen LogP contribution is -2.51. The van der Waals surface area contributed by atoms with Crippen LogP contribution in [-0.4, -0.2) is 48.9 Å². The molecule has 1 aliphatic rings. The summed E-state index contributed by atoms with van der Waals surface area (Å²) in [6, 6.07) is 2.53. The van der Waals surface area contributed by atoms with Crippen LogP contribution in [0.3, 0.4) is 0 Å². The summed E-state index contributed by atoms with van der Waals surface area (Å²) in [7, 11) is 0. The lowest BCUT2D eigenvalue weighted by atomic mass is 10.2. The summed E-state index contributed by atoms with van der Waals surface area (Å²) >= 11 is 1.73. The topological polar surface area (TPSA) is 50.3 Å². The number of thiophene rings is 1. The summed E-state index contributed by atoms with van der Waals surface area (Å²) in [6.45, 7) is 8.69. The highest BCUT2D eigenvalue weighted by Gasteiger charge is 2.25. The Morgan fingerprint density at radius 3 is 3.24 bits per heavy atom. The molecule has 1 unspecified atom stereocenters. The van der Waals surface area contributed by atoms with Crippen LogP contribution in [0.25, 0.3) is 10.2 Å². The summed E-state index contributed by atoms with van der Waals surface area (Å²) in [5.74, 6) is 1.05. The van der Waals surface area contributed by atoms with Crippen molar-refractivity contribution in [2.75, 3.05) is 37.7 Å². The third-order valence-electron chi connectivity index (χ3n) is 3.74. The van der Waals surface area contributed by atoms with Gasteiger partial charge in [0.15, 0.2) is 0 Å². The minimum atomic E-state index is 0.337. The van der Waals surface area contributed by atoms with Crippen LogP contribution in [0.4, 0.5) is 5.82 Å². The summed E-state index contributed by atoms with van der Waals surface area (Å²) in [6.07, 6.45) is 2.83. The molecule has 0 saturated carbocycles. The molecule has 0 amide bonds. The zero-order valence-corrected chi connectivity index (χ0v) is 13.4. The minimum absolute atomic E-state index is 0.337. The Hall–Kier alpha value is -1.24. The lowest BCUT2D eigenvalue weighted by molar-refractivity contribution is 0.0935. The molecule has 0 radical (unpaired) electrons. The molecule has 0 bridgehead atoms. The quantitative estimate of drug-likeness (QED) is 0.858. The van der Waals surface area contributed by atoms with E-state index in [1.807, 2.05) is 0 Å². The molecule has 3 heterocycles. The maximum absolute atomic E-state index is 5.66. The van der Waals surface area contributed by atoms with Crippen molar-refractivity contribution in [3.63, 3.8) is 0 Å². The Labute approximate surface area is 129 Å². The Kier molecular flexibility index (Phi) is 4.67. The molecular weight excluding hydrogens is 284 g/mol. The Morgan fingerprint density at radius 1 is 1.48 bits per heavy atom. The first-order valence-corrected chi connectivity index (χ1v) is 8.37. The molecule has 2 aromatic heterocycles. The Bertz CT molecular complexity index is 600. The number of hydrogen-bond acceptors (Lipinski definition) is 6. The molecule has 6 heteroatoms. The van der Waals surface area contributed by atoms with Crippen molar-refractivity contribution in [1.82, 2.24) is 15.3 Å². The molecule has 5 nitrogen and oxygen atoms in total. The zero-order valence-electron chi connectivity index (χ0n) is 12.6. The molecule has 21 heavy (non-hydrogen) atoms. The average Bonchev–Trinajstić information content (AvgIpc) is 2.88. The first-order chi connectivity index (χ1) is 10.3. The number of morpholine rings is 1. The second-order valence-electron chi connectivity index (χ2n) is 5.40. The van der Waals surface area contributed by atoms with E-state index in [-0.39, 0.29) is 0 Å². The number of aryl methyl sites for hydroxylation is 1. The van der Waals surface area contributed by atoms with Crippen LogP contribution < -0.4 is 10.2 Å². The zero-order chi connectivity index (χ0) is 14.7. The van der Waals surface area contributed by atoms with Crippen molar-refractivity contribution in [3.8, 4) is 0 Å². The van der Waals surface area contributed by atoms with Crippen molar-refractivity contribution in [2.24, 2.45) is 0 Å². The number of rotatable bonds is 5. The maximum Gasteiger partial charge on any atom is 0.141 e. The first-order valence-electron chi connectivity index (χ1n) is 7.56. The maximum atomic E-state index is 5.66. The van der Waals surface area contributed by atoms with Crippen molar-refractivity contribution in [2.45, 2.75) is 26.3 Å². The van der Waals surface area contributed by atoms with Crippen LogP contribution in [0.1, 0.15) is 18.2 Å². The smallest absolute Gasteiger partial charge is 0.141 e. The number of anilines is 1. The van der Waals surface area contributed by atoms with Gasteiger partial charge in [0.05, 0.1) is 24.6 Å². The number of hydrogen-bond donors (Lipinski definition) is 1.